The first kappa shape index (κ1) is 18.0. The second kappa shape index (κ2) is 7.64. The van der Waals surface area contributed by atoms with Crippen molar-refractivity contribution < 1.29 is 9.90 Å². The first-order valence-electron chi connectivity index (χ1n) is 7.83. The minimum atomic E-state index is -0.477. The summed E-state index contributed by atoms with van der Waals surface area (Å²) >= 11 is 2.38. The Morgan fingerprint density at radius 1 is 1.42 bits per heavy atom. The van der Waals surface area contributed by atoms with Crippen LogP contribution >= 0.6 is 23.1 Å². The van der Waals surface area contributed by atoms with Crippen LogP contribution in [0.2, 0.25) is 0 Å². The Morgan fingerprint density at radius 3 is 2.92 bits per heavy atom. The molecule has 0 bridgehead atoms. The number of nitriles is 1. The number of aromatic amines is 1. The molecule has 3 aromatic rings. The molecule has 0 radical (unpaired) electrons. The van der Waals surface area contributed by atoms with Crippen LogP contribution in [0.3, 0.4) is 0 Å². The van der Waals surface area contributed by atoms with Crippen LogP contribution in [0.5, 0.6) is 5.75 Å². The molecule has 2 aromatic heterocycles. The highest BCUT2D eigenvalue weighted by Gasteiger charge is 2.17. The summed E-state index contributed by atoms with van der Waals surface area (Å²) in [5.41, 5.74) is 1.92. The summed E-state index contributed by atoms with van der Waals surface area (Å²) in [6.07, 6.45) is 0.811. The summed E-state index contributed by atoms with van der Waals surface area (Å²) in [7, 11) is 0. The largest absolute Gasteiger partial charge is 0.506 e. The molecule has 6 nitrogen and oxygen atoms in total. The van der Waals surface area contributed by atoms with Gasteiger partial charge >= 0.3 is 0 Å². The van der Waals surface area contributed by atoms with Gasteiger partial charge in [0.1, 0.15) is 17.4 Å². The topological polar surface area (TPSA) is 106 Å². The van der Waals surface area contributed by atoms with Crippen LogP contribution in [-0.2, 0) is 11.2 Å². The number of pyridine rings is 1. The van der Waals surface area contributed by atoms with Gasteiger partial charge in [0.25, 0.3) is 5.56 Å². The lowest BCUT2D eigenvalue weighted by Crippen LogP contribution is -2.15. The van der Waals surface area contributed by atoms with Crippen LogP contribution in [0.4, 0.5) is 5.69 Å². The number of fused-ring (bicyclic) bond motifs is 1. The summed E-state index contributed by atoms with van der Waals surface area (Å²) in [5, 5.41) is 22.2. The van der Waals surface area contributed by atoms with Crippen molar-refractivity contribution >= 4 is 44.9 Å². The maximum atomic E-state index is 12.3. The number of hydrogen-bond donors (Lipinski definition) is 3. The van der Waals surface area contributed by atoms with Crippen LogP contribution in [0.1, 0.15) is 18.1 Å². The number of hydrogen-bond acceptors (Lipinski definition) is 6. The number of anilines is 1. The summed E-state index contributed by atoms with van der Waals surface area (Å²) in [4.78, 5) is 26.4. The molecule has 132 valence electrons. The highest BCUT2D eigenvalue weighted by Crippen LogP contribution is 2.39. The molecule has 0 aliphatic heterocycles. The van der Waals surface area contributed by atoms with Gasteiger partial charge in [0, 0.05) is 11.8 Å². The SMILES string of the molecule is CCc1ccccc1NC(=O)CSc1sc2c(O)cc(=O)[nH]c2c1C#N. The molecule has 0 aliphatic rings. The zero-order valence-electron chi connectivity index (χ0n) is 13.8. The van der Waals surface area contributed by atoms with Gasteiger partial charge in [0.05, 0.1) is 20.2 Å². The Bertz CT molecular complexity index is 1080. The smallest absolute Gasteiger partial charge is 0.252 e. The van der Waals surface area contributed by atoms with E-state index in [1.807, 2.05) is 37.3 Å². The lowest BCUT2D eigenvalue weighted by Gasteiger charge is -2.09. The van der Waals surface area contributed by atoms with Crippen molar-refractivity contribution in [3.63, 3.8) is 0 Å². The first-order chi connectivity index (χ1) is 12.5. The molecule has 3 rings (SSSR count). The summed E-state index contributed by atoms with van der Waals surface area (Å²) < 4.78 is 1.01. The van der Waals surface area contributed by atoms with Gasteiger partial charge < -0.3 is 15.4 Å². The van der Waals surface area contributed by atoms with E-state index in [9.17, 15) is 20.0 Å². The number of aromatic hydroxyl groups is 1. The molecule has 0 atom stereocenters. The van der Waals surface area contributed by atoms with E-state index >= 15 is 0 Å². The van der Waals surface area contributed by atoms with E-state index in [1.54, 1.807) is 0 Å². The van der Waals surface area contributed by atoms with Gasteiger partial charge in [0.15, 0.2) is 0 Å². The maximum absolute atomic E-state index is 12.3. The number of benzene rings is 1. The number of para-hydroxylation sites is 1. The van der Waals surface area contributed by atoms with E-state index < -0.39 is 5.56 Å². The summed E-state index contributed by atoms with van der Waals surface area (Å²) in [5.74, 6) is -0.238. The van der Waals surface area contributed by atoms with Crippen molar-refractivity contribution in [2.75, 3.05) is 11.1 Å². The van der Waals surface area contributed by atoms with E-state index in [4.69, 9.17) is 0 Å². The standard InChI is InChI=1S/C18H15N3O3S2/c1-2-10-5-3-4-6-12(10)20-15(24)9-25-18-11(8-19)16-17(26-18)13(22)7-14(23)21-16/h3-7H,2,9H2,1H3,(H,20,24)(H2,21,22,23). The maximum Gasteiger partial charge on any atom is 0.252 e. The van der Waals surface area contributed by atoms with Crippen molar-refractivity contribution in [1.29, 1.82) is 5.26 Å². The Morgan fingerprint density at radius 2 is 2.19 bits per heavy atom. The quantitative estimate of drug-likeness (QED) is 0.583. The summed E-state index contributed by atoms with van der Waals surface area (Å²) in [6.45, 7) is 2.02. The predicted octanol–water partition coefficient (Wildman–Crippen LogP) is 3.46. The van der Waals surface area contributed by atoms with Crippen molar-refractivity contribution in [1.82, 2.24) is 4.98 Å². The van der Waals surface area contributed by atoms with Gasteiger partial charge in [-0.05, 0) is 18.1 Å². The zero-order chi connectivity index (χ0) is 18.7. The van der Waals surface area contributed by atoms with Gasteiger partial charge in [-0.3, -0.25) is 9.59 Å². The molecule has 0 spiro atoms. The minimum Gasteiger partial charge on any atom is -0.506 e. The average Bonchev–Trinajstić information content (AvgIpc) is 2.98. The van der Waals surface area contributed by atoms with E-state index in [-0.39, 0.29) is 23.0 Å². The molecule has 0 aliphatic carbocycles. The second-order valence-electron chi connectivity index (χ2n) is 5.45. The monoisotopic (exact) mass is 385 g/mol. The number of amides is 1. The highest BCUT2D eigenvalue weighted by molar-refractivity contribution is 8.02. The van der Waals surface area contributed by atoms with Crippen molar-refractivity contribution in [3.05, 3.63) is 51.8 Å². The Labute approximate surface area is 157 Å². The van der Waals surface area contributed by atoms with Gasteiger partial charge in [0.2, 0.25) is 5.91 Å². The fourth-order valence-corrected chi connectivity index (χ4v) is 4.67. The normalized spacial score (nSPS) is 10.6. The van der Waals surface area contributed by atoms with Crippen molar-refractivity contribution in [2.24, 2.45) is 0 Å². The molecular formula is C18H15N3O3S2. The minimum absolute atomic E-state index is 0.116. The molecule has 1 amide bonds. The van der Waals surface area contributed by atoms with Crippen LogP contribution in [0.15, 0.2) is 39.3 Å². The van der Waals surface area contributed by atoms with Crippen molar-refractivity contribution in [3.8, 4) is 11.8 Å². The Hall–Kier alpha value is -2.76. The van der Waals surface area contributed by atoms with Gasteiger partial charge in [-0.2, -0.15) is 5.26 Å². The number of nitrogens with zero attached hydrogens (tertiary/aromatic N) is 1. The Kier molecular flexibility index (Phi) is 5.30. The molecule has 0 saturated heterocycles. The van der Waals surface area contributed by atoms with Gasteiger partial charge in [-0.25, -0.2) is 0 Å². The molecule has 1 aromatic carbocycles. The Balaban J connectivity index is 1.79. The zero-order valence-corrected chi connectivity index (χ0v) is 15.5. The number of H-pyrrole nitrogens is 1. The average molecular weight is 385 g/mol. The first-order valence-corrected chi connectivity index (χ1v) is 9.63. The number of thiophene rings is 1. The van der Waals surface area contributed by atoms with E-state index in [1.165, 1.54) is 23.1 Å². The van der Waals surface area contributed by atoms with Crippen LogP contribution < -0.4 is 10.9 Å². The van der Waals surface area contributed by atoms with Gasteiger partial charge in [-0.1, -0.05) is 25.1 Å². The number of nitrogens with one attached hydrogen (secondary N) is 2. The van der Waals surface area contributed by atoms with Crippen LogP contribution in [0.25, 0.3) is 10.2 Å². The number of thioether (sulfide) groups is 1. The lowest BCUT2D eigenvalue weighted by atomic mass is 10.1. The third kappa shape index (κ3) is 3.59. The molecule has 0 saturated carbocycles. The summed E-state index contributed by atoms with van der Waals surface area (Å²) in [6, 6.07) is 10.7. The molecule has 2 heterocycles. The fraction of sp³-hybridized carbons (Fsp3) is 0.167. The number of carbonyl (C=O) groups excluding carboxylic acids is 1. The molecule has 3 N–H and O–H groups in total. The van der Waals surface area contributed by atoms with Gasteiger partial charge in [-0.15, -0.1) is 23.1 Å². The number of rotatable bonds is 5. The molecule has 0 fully saturated rings. The van der Waals surface area contributed by atoms with E-state index in [0.717, 1.165) is 23.7 Å². The molecule has 8 heteroatoms. The number of aromatic nitrogens is 1. The molecule has 26 heavy (non-hydrogen) atoms. The predicted molar refractivity (Wildman–Crippen MR) is 104 cm³/mol. The van der Waals surface area contributed by atoms with E-state index in [0.29, 0.717) is 14.4 Å². The number of aryl methyl sites for hydroxylation is 1. The lowest BCUT2D eigenvalue weighted by molar-refractivity contribution is -0.113. The fourth-order valence-electron chi connectivity index (χ4n) is 2.53. The molecular weight excluding hydrogens is 370 g/mol. The van der Waals surface area contributed by atoms with Crippen LogP contribution in [0, 0.1) is 11.3 Å². The highest BCUT2D eigenvalue weighted by atomic mass is 32.2. The van der Waals surface area contributed by atoms with E-state index in [2.05, 4.69) is 10.3 Å². The number of carbonyl (C=O) groups is 1. The second-order valence-corrected chi connectivity index (χ2v) is 7.71. The van der Waals surface area contributed by atoms with Crippen molar-refractivity contribution in [2.45, 2.75) is 17.6 Å². The van der Waals surface area contributed by atoms with Crippen LogP contribution in [-0.4, -0.2) is 21.8 Å². The third-order valence-corrected chi connectivity index (χ3v) is 6.23. The third-order valence-electron chi connectivity index (χ3n) is 3.74. The molecule has 0 unspecified atom stereocenters.